The third-order valence-electron chi connectivity index (χ3n) is 2.83. The van der Waals surface area contributed by atoms with Gasteiger partial charge in [-0.15, -0.1) is 0 Å². The molecule has 0 atom stereocenters. The highest BCUT2D eigenvalue weighted by atomic mass is 16.4. The Bertz CT molecular complexity index is 572. The molecule has 94 valence electrons. The zero-order chi connectivity index (χ0) is 13.0. The molecule has 18 heavy (non-hydrogen) atoms. The van der Waals surface area contributed by atoms with Gasteiger partial charge >= 0.3 is 5.97 Å². The van der Waals surface area contributed by atoms with E-state index < -0.39 is 5.97 Å². The van der Waals surface area contributed by atoms with Crippen LogP contribution < -0.4 is 0 Å². The fourth-order valence-corrected chi connectivity index (χ4v) is 1.87. The van der Waals surface area contributed by atoms with E-state index in [0.717, 1.165) is 5.39 Å². The van der Waals surface area contributed by atoms with E-state index in [2.05, 4.69) is 29.2 Å². The maximum Gasteiger partial charge on any atom is 0.337 e. The topological polar surface area (TPSA) is 56.3 Å². The Hall–Kier alpha value is -2.23. The van der Waals surface area contributed by atoms with Crippen molar-refractivity contribution in [2.24, 2.45) is 0 Å². The third kappa shape index (κ3) is 2.71. The first-order valence-corrected chi connectivity index (χ1v) is 5.85. The van der Waals surface area contributed by atoms with E-state index in [0.29, 0.717) is 11.1 Å². The zero-order valence-electron chi connectivity index (χ0n) is 10.3. The molecule has 2 heterocycles. The van der Waals surface area contributed by atoms with Crippen molar-refractivity contribution < 1.29 is 9.90 Å². The first-order valence-electron chi connectivity index (χ1n) is 5.85. The molecule has 1 aromatic heterocycles. The number of rotatable bonds is 1. The number of nitrogens with one attached hydrogen (secondary N) is 1. The summed E-state index contributed by atoms with van der Waals surface area (Å²) in [7, 11) is 2.09. The van der Waals surface area contributed by atoms with E-state index in [1.807, 2.05) is 12.1 Å². The number of H-pyrrole nitrogens is 1. The van der Waals surface area contributed by atoms with Gasteiger partial charge in [0.25, 0.3) is 0 Å². The normalized spacial score (nSPS) is 13.5. The summed E-state index contributed by atoms with van der Waals surface area (Å²) >= 11 is 0. The van der Waals surface area contributed by atoms with Crippen LogP contribution in [-0.2, 0) is 0 Å². The molecule has 2 aromatic rings. The van der Waals surface area contributed by atoms with Crippen LogP contribution in [0.2, 0.25) is 0 Å². The maximum absolute atomic E-state index is 10.7. The number of hydrogen-bond acceptors (Lipinski definition) is 2. The lowest BCUT2D eigenvalue weighted by molar-refractivity contribution is 0.0699. The highest BCUT2D eigenvalue weighted by Crippen LogP contribution is 2.16. The second kappa shape index (κ2) is 5.40. The largest absolute Gasteiger partial charge is 0.478 e. The first-order chi connectivity index (χ1) is 8.68. The number of nitrogens with zero attached hydrogens (tertiary/aromatic N) is 1. The number of aromatic carboxylic acids is 1. The highest BCUT2D eigenvalue weighted by molar-refractivity contribution is 6.01. The van der Waals surface area contributed by atoms with Crippen molar-refractivity contribution in [3.63, 3.8) is 0 Å². The Labute approximate surface area is 106 Å². The Morgan fingerprint density at radius 3 is 2.78 bits per heavy atom. The summed E-state index contributed by atoms with van der Waals surface area (Å²) in [6.45, 7) is 1.21. The second-order valence-electron chi connectivity index (χ2n) is 4.21. The molecule has 0 spiro atoms. The molecule has 4 nitrogen and oxygen atoms in total. The average Bonchev–Trinajstić information content (AvgIpc) is 2.99. The molecule has 0 saturated carbocycles. The van der Waals surface area contributed by atoms with E-state index >= 15 is 0 Å². The van der Waals surface area contributed by atoms with Crippen LogP contribution in [0.1, 0.15) is 16.8 Å². The Morgan fingerprint density at radius 1 is 1.39 bits per heavy atom. The number of benzene rings is 1. The molecule has 1 aromatic carbocycles. The van der Waals surface area contributed by atoms with Gasteiger partial charge in [-0.2, -0.15) is 0 Å². The van der Waals surface area contributed by atoms with Gasteiger partial charge in [-0.3, -0.25) is 0 Å². The standard InChI is InChI=1S/C9H7NO2.C5H9N/c11-9(12)7-3-1-2-6-4-5-10-8(6)7;1-6-4-2-3-5-6/h1-5,10H,(H,11,12);2,4H,3,5H2,1H3. The van der Waals surface area contributed by atoms with Crippen molar-refractivity contribution in [3.8, 4) is 0 Å². The van der Waals surface area contributed by atoms with Gasteiger partial charge in [0.15, 0.2) is 0 Å². The SMILES string of the molecule is CN1C=CCC1.O=C(O)c1cccc2cc[nH]c12. The van der Waals surface area contributed by atoms with Crippen molar-refractivity contribution in [1.82, 2.24) is 9.88 Å². The van der Waals surface area contributed by atoms with Crippen LogP contribution >= 0.6 is 0 Å². The molecule has 0 unspecified atom stereocenters. The molecule has 0 aliphatic carbocycles. The smallest absolute Gasteiger partial charge is 0.337 e. The van der Waals surface area contributed by atoms with Crippen LogP contribution in [0.3, 0.4) is 0 Å². The molecule has 0 amide bonds. The summed E-state index contributed by atoms with van der Waals surface area (Å²) in [6, 6.07) is 7.04. The summed E-state index contributed by atoms with van der Waals surface area (Å²) in [5.41, 5.74) is 1.00. The summed E-state index contributed by atoms with van der Waals surface area (Å²) in [4.78, 5) is 15.8. The van der Waals surface area contributed by atoms with Gasteiger partial charge < -0.3 is 15.0 Å². The van der Waals surface area contributed by atoms with Gasteiger partial charge in [0, 0.05) is 25.2 Å². The Balaban J connectivity index is 0.000000169. The van der Waals surface area contributed by atoms with Crippen molar-refractivity contribution in [2.45, 2.75) is 6.42 Å². The van der Waals surface area contributed by atoms with Gasteiger partial charge in [0.1, 0.15) is 0 Å². The highest BCUT2D eigenvalue weighted by Gasteiger charge is 2.07. The molecule has 1 aliphatic rings. The molecule has 0 radical (unpaired) electrons. The number of hydrogen-bond donors (Lipinski definition) is 2. The number of para-hydroxylation sites is 1. The minimum absolute atomic E-state index is 0.317. The van der Waals surface area contributed by atoms with Crippen LogP contribution in [0.25, 0.3) is 10.9 Å². The third-order valence-corrected chi connectivity index (χ3v) is 2.83. The zero-order valence-corrected chi connectivity index (χ0v) is 10.3. The number of aromatic amines is 1. The lowest BCUT2D eigenvalue weighted by atomic mass is 10.1. The van der Waals surface area contributed by atoms with E-state index in [1.165, 1.54) is 13.0 Å². The molecule has 0 bridgehead atoms. The lowest BCUT2D eigenvalue weighted by Gasteiger charge is -2.02. The summed E-state index contributed by atoms with van der Waals surface area (Å²) in [5.74, 6) is -0.900. The monoisotopic (exact) mass is 244 g/mol. The molecule has 3 rings (SSSR count). The predicted octanol–water partition coefficient (Wildman–Crippen LogP) is 2.70. The summed E-state index contributed by atoms with van der Waals surface area (Å²) in [5, 5.41) is 9.71. The van der Waals surface area contributed by atoms with Gasteiger partial charge in [-0.05, 0) is 24.8 Å². The Morgan fingerprint density at radius 2 is 2.22 bits per heavy atom. The van der Waals surface area contributed by atoms with Crippen LogP contribution in [0, 0.1) is 0 Å². The quantitative estimate of drug-likeness (QED) is 0.811. The van der Waals surface area contributed by atoms with E-state index in [-0.39, 0.29) is 0 Å². The van der Waals surface area contributed by atoms with Crippen molar-refractivity contribution >= 4 is 16.9 Å². The van der Waals surface area contributed by atoms with Gasteiger partial charge in [0.05, 0.1) is 11.1 Å². The van der Waals surface area contributed by atoms with E-state index in [1.54, 1.807) is 18.3 Å². The fourth-order valence-electron chi connectivity index (χ4n) is 1.87. The van der Waals surface area contributed by atoms with Crippen LogP contribution in [-0.4, -0.2) is 34.6 Å². The first kappa shape index (κ1) is 12.2. The molecule has 4 heteroatoms. The van der Waals surface area contributed by atoms with E-state index in [4.69, 9.17) is 5.11 Å². The lowest BCUT2D eigenvalue weighted by Crippen LogP contribution is -2.04. The molecule has 2 N–H and O–H groups in total. The molecular formula is C14H16N2O2. The van der Waals surface area contributed by atoms with Crippen molar-refractivity contribution in [2.75, 3.05) is 13.6 Å². The van der Waals surface area contributed by atoms with Crippen molar-refractivity contribution in [1.29, 1.82) is 0 Å². The van der Waals surface area contributed by atoms with Gasteiger partial charge in [-0.25, -0.2) is 4.79 Å². The minimum atomic E-state index is -0.900. The fraction of sp³-hybridized carbons (Fsp3) is 0.214. The number of carboxylic acid groups (broad SMARTS) is 1. The molecule has 1 aliphatic heterocycles. The predicted molar refractivity (Wildman–Crippen MR) is 71.6 cm³/mol. The summed E-state index contributed by atoms with van der Waals surface area (Å²) in [6.07, 6.45) is 7.26. The van der Waals surface area contributed by atoms with Crippen LogP contribution in [0.15, 0.2) is 42.7 Å². The maximum atomic E-state index is 10.7. The number of aromatic nitrogens is 1. The minimum Gasteiger partial charge on any atom is -0.478 e. The number of fused-ring (bicyclic) bond motifs is 1. The number of carbonyl (C=O) groups is 1. The molecule has 0 saturated heterocycles. The van der Waals surface area contributed by atoms with Crippen molar-refractivity contribution in [3.05, 3.63) is 48.3 Å². The second-order valence-corrected chi connectivity index (χ2v) is 4.21. The van der Waals surface area contributed by atoms with Crippen LogP contribution in [0.5, 0.6) is 0 Å². The van der Waals surface area contributed by atoms with Gasteiger partial charge in [0.2, 0.25) is 0 Å². The van der Waals surface area contributed by atoms with Crippen LogP contribution in [0.4, 0.5) is 0 Å². The summed E-state index contributed by atoms with van der Waals surface area (Å²) < 4.78 is 0. The number of carboxylic acids is 1. The molecule has 0 fully saturated rings. The Kier molecular flexibility index (Phi) is 3.67. The molecular weight excluding hydrogens is 228 g/mol. The van der Waals surface area contributed by atoms with E-state index in [9.17, 15) is 4.79 Å². The average molecular weight is 244 g/mol. The van der Waals surface area contributed by atoms with Gasteiger partial charge in [-0.1, -0.05) is 18.2 Å².